The van der Waals surface area contributed by atoms with E-state index in [1.54, 1.807) is 0 Å². The summed E-state index contributed by atoms with van der Waals surface area (Å²) in [4.78, 5) is 10.5. The topological polar surface area (TPSA) is 27.7 Å². The van der Waals surface area contributed by atoms with Crippen molar-refractivity contribution in [1.82, 2.24) is 0 Å². The zero-order chi connectivity index (χ0) is 12.1. The van der Waals surface area contributed by atoms with Crippen LogP contribution in [0.5, 0.6) is 0 Å². The summed E-state index contributed by atoms with van der Waals surface area (Å²) < 4.78 is 5.53. The van der Waals surface area contributed by atoms with Crippen LogP contribution in [0.4, 0.5) is 0 Å². The van der Waals surface area contributed by atoms with Gasteiger partial charge in [0.25, 0.3) is 0 Å². The average Bonchev–Trinajstić information content (AvgIpc) is 2.49. The van der Waals surface area contributed by atoms with Gasteiger partial charge in [0.15, 0.2) is 0 Å². The minimum absolute atomic E-state index is 0.282. The van der Waals surface area contributed by atoms with Gasteiger partial charge in [-0.05, 0) is 25.5 Å². The average molecular weight is 234 g/mol. The van der Waals surface area contributed by atoms with E-state index in [2.05, 4.69) is 0 Å². The molecule has 0 radical (unpaired) electrons. The SMILES string of the molecule is CC1(C)CCOC(/C=C/c2ccccc2)OO1. The lowest BCUT2D eigenvalue weighted by molar-refractivity contribution is -0.389. The fourth-order valence-corrected chi connectivity index (χ4v) is 1.51. The van der Waals surface area contributed by atoms with Crippen molar-refractivity contribution < 1.29 is 14.5 Å². The second kappa shape index (κ2) is 5.45. The molecule has 0 saturated carbocycles. The molecule has 1 aliphatic heterocycles. The fourth-order valence-electron chi connectivity index (χ4n) is 1.51. The molecule has 1 fully saturated rings. The van der Waals surface area contributed by atoms with E-state index in [0.29, 0.717) is 6.61 Å². The summed E-state index contributed by atoms with van der Waals surface area (Å²) in [6, 6.07) is 10.0. The van der Waals surface area contributed by atoms with Crippen LogP contribution in [0.15, 0.2) is 36.4 Å². The number of rotatable bonds is 2. The Balaban J connectivity index is 1.93. The van der Waals surface area contributed by atoms with Crippen molar-refractivity contribution in [2.75, 3.05) is 6.61 Å². The van der Waals surface area contributed by atoms with Gasteiger partial charge < -0.3 is 4.74 Å². The third kappa shape index (κ3) is 3.97. The molecule has 2 rings (SSSR count). The van der Waals surface area contributed by atoms with Crippen LogP contribution in [0.3, 0.4) is 0 Å². The van der Waals surface area contributed by atoms with Crippen LogP contribution in [0.1, 0.15) is 25.8 Å². The van der Waals surface area contributed by atoms with Crippen molar-refractivity contribution in [3.8, 4) is 0 Å². The van der Waals surface area contributed by atoms with Gasteiger partial charge in [0.2, 0.25) is 6.29 Å². The maximum Gasteiger partial charge on any atom is 0.210 e. The molecular formula is C14H18O3. The van der Waals surface area contributed by atoms with Crippen LogP contribution in [-0.4, -0.2) is 18.5 Å². The summed E-state index contributed by atoms with van der Waals surface area (Å²) in [6.45, 7) is 4.61. The van der Waals surface area contributed by atoms with E-state index in [0.717, 1.165) is 12.0 Å². The molecule has 1 heterocycles. The van der Waals surface area contributed by atoms with E-state index < -0.39 is 6.29 Å². The lowest BCUT2D eigenvalue weighted by atomic mass is 10.1. The highest BCUT2D eigenvalue weighted by Gasteiger charge is 2.25. The Morgan fingerprint density at radius 3 is 2.76 bits per heavy atom. The molecule has 92 valence electrons. The monoisotopic (exact) mass is 234 g/mol. The Kier molecular flexibility index (Phi) is 3.94. The van der Waals surface area contributed by atoms with Gasteiger partial charge in [-0.3, -0.25) is 0 Å². The first kappa shape index (κ1) is 12.3. The first-order valence-corrected chi connectivity index (χ1v) is 5.85. The first-order valence-electron chi connectivity index (χ1n) is 5.85. The standard InChI is InChI=1S/C14H18O3/c1-14(2)10-11-15-13(16-17-14)9-8-12-6-4-3-5-7-12/h3-9,13H,10-11H2,1-2H3/b9-8+. The van der Waals surface area contributed by atoms with Gasteiger partial charge in [-0.1, -0.05) is 36.4 Å². The molecule has 1 saturated heterocycles. The summed E-state index contributed by atoms with van der Waals surface area (Å²) in [6.07, 6.45) is 4.21. The minimum Gasteiger partial charge on any atom is -0.346 e. The van der Waals surface area contributed by atoms with Crippen molar-refractivity contribution in [2.45, 2.75) is 32.2 Å². The van der Waals surface area contributed by atoms with Gasteiger partial charge in [0, 0.05) is 6.42 Å². The highest BCUT2D eigenvalue weighted by molar-refractivity contribution is 5.48. The Bertz CT molecular complexity index is 370. The summed E-state index contributed by atoms with van der Waals surface area (Å²) in [7, 11) is 0. The molecule has 3 heteroatoms. The highest BCUT2D eigenvalue weighted by atomic mass is 17.2. The van der Waals surface area contributed by atoms with Crippen molar-refractivity contribution in [2.24, 2.45) is 0 Å². The summed E-state index contributed by atoms with van der Waals surface area (Å²) in [5.41, 5.74) is 0.832. The molecule has 0 spiro atoms. The summed E-state index contributed by atoms with van der Waals surface area (Å²) in [5.74, 6) is 0. The van der Waals surface area contributed by atoms with Crippen molar-refractivity contribution in [3.05, 3.63) is 42.0 Å². The smallest absolute Gasteiger partial charge is 0.210 e. The Morgan fingerprint density at radius 1 is 1.24 bits per heavy atom. The van der Waals surface area contributed by atoms with Crippen LogP contribution in [0, 0.1) is 0 Å². The molecule has 0 bridgehead atoms. The molecule has 3 nitrogen and oxygen atoms in total. The number of hydrogen-bond acceptors (Lipinski definition) is 3. The maximum absolute atomic E-state index is 5.53. The molecule has 17 heavy (non-hydrogen) atoms. The van der Waals surface area contributed by atoms with Gasteiger partial charge in [-0.2, -0.15) is 4.89 Å². The molecular weight excluding hydrogens is 216 g/mol. The highest BCUT2D eigenvalue weighted by Crippen LogP contribution is 2.21. The van der Waals surface area contributed by atoms with Gasteiger partial charge in [0.1, 0.15) is 5.60 Å². The van der Waals surface area contributed by atoms with E-state index in [1.807, 2.05) is 56.3 Å². The predicted octanol–water partition coefficient (Wildman–Crippen LogP) is 3.17. The second-order valence-corrected chi connectivity index (χ2v) is 4.70. The number of ether oxygens (including phenoxy) is 1. The van der Waals surface area contributed by atoms with Crippen LogP contribution < -0.4 is 0 Å². The Hall–Kier alpha value is -1.16. The maximum atomic E-state index is 5.53. The van der Waals surface area contributed by atoms with Crippen LogP contribution >= 0.6 is 0 Å². The van der Waals surface area contributed by atoms with E-state index >= 15 is 0 Å². The zero-order valence-corrected chi connectivity index (χ0v) is 10.3. The fraction of sp³-hybridized carbons (Fsp3) is 0.429. The van der Waals surface area contributed by atoms with Crippen molar-refractivity contribution in [3.63, 3.8) is 0 Å². The first-order chi connectivity index (χ1) is 8.16. The summed E-state index contributed by atoms with van der Waals surface area (Å²) in [5, 5.41) is 0. The molecule has 0 aliphatic carbocycles. The van der Waals surface area contributed by atoms with Crippen LogP contribution in [-0.2, 0) is 14.5 Å². The molecule has 1 atom stereocenters. The molecule has 0 N–H and O–H groups in total. The molecule has 0 aromatic heterocycles. The predicted molar refractivity (Wildman–Crippen MR) is 66.1 cm³/mol. The molecule has 1 aromatic carbocycles. The van der Waals surface area contributed by atoms with Crippen LogP contribution in [0.2, 0.25) is 0 Å². The van der Waals surface area contributed by atoms with E-state index in [9.17, 15) is 0 Å². The zero-order valence-electron chi connectivity index (χ0n) is 10.3. The van der Waals surface area contributed by atoms with Gasteiger partial charge in [-0.25, -0.2) is 4.89 Å². The molecule has 1 aliphatic rings. The van der Waals surface area contributed by atoms with Crippen LogP contribution in [0.25, 0.3) is 6.08 Å². The Morgan fingerprint density at radius 2 is 2.00 bits per heavy atom. The van der Waals surface area contributed by atoms with E-state index in [-0.39, 0.29) is 5.60 Å². The lowest BCUT2D eigenvalue weighted by Gasteiger charge is -2.19. The largest absolute Gasteiger partial charge is 0.346 e. The third-order valence-electron chi connectivity index (χ3n) is 2.60. The van der Waals surface area contributed by atoms with Crippen molar-refractivity contribution in [1.29, 1.82) is 0 Å². The van der Waals surface area contributed by atoms with Gasteiger partial charge in [0.05, 0.1) is 6.61 Å². The molecule has 1 aromatic rings. The van der Waals surface area contributed by atoms with Gasteiger partial charge >= 0.3 is 0 Å². The molecule has 1 unspecified atom stereocenters. The number of hydrogen-bond donors (Lipinski definition) is 0. The molecule has 0 amide bonds. The Labute approximate surface area is 102 Å². The summed E-state index contributed by atoms with van der Waals surface area (Å²) >= 11 is 0. The van der Waals surface area contributed by atoms with Gasteiger partial charge in [-0.15, -0.1) is 0 Å². The lowest BCUT2D eigenvalue weighted by Crippen LogP contribution is -2.23. The van der Waals surface area contributed by atoms with Crippen molar-refractivity contribution >= 4 is 6.08 Å². The number of benzene rings is 1. The third-order valence-corrected chi connectivity index (χ3v) is 2.60. The quantitative estimate of drug-likeness (QED) is 0.736. The van der Waals surface area contributed by atoms with E-state index in [1.165, 1.54) is 0 Å². The van der Waals surface area contributed by atoms with E-state index in [4.69, 9.17) is 14.5 Å². The minimum atomic E-state index is -0.433. The second-order valence-electron chi connectivity index (χ2n) is 4.70. The normalized spacial score (nSPS) is 24.7.